The van der Waals surface area contributed by atoms with Crippen LogP contribution in [0.15, 0.2) is 111 Å². The summed E-state index contributed by atoms with van der Waals surface area (Å²) in [6, 6.07) is 18.2. The van der Waals surface area contributed by atoms with Gasteiger partial charge in [-0.1, -0.05) is 80.4 Å². The number of nitrogens with one attached hydrogen (secondary N) is 1. The van der Waals surface area contributed by atoms with E-state index in [1.165, 1.54) is 19.1 Å². The van der Waals surface area contributed by atoms with Crippen LogP contribution in [-0.4, -0.2) is 46.0 Å². The number of imide groups is 1. The summed E-state index contributed by atoms with van der Waals surface area (Å²) in [6.07, 6.45) is 5.77. The summed E-state index contributed by atoms with van der Waals surface area (Å²) >= 11 is 0. The van der Waals surface area contributed by atoms with Crippen molar-refractivity contribution < 1.29 is 33.4 Å². The number of amides is 3. The summed E-state index contributed by atoms with van der Waals surface area (Å²) < 4.78 is 10.6. The summed E-state index contributed by atoms with van der Waals surface area (Å²) in [4.78, 5) is 59.6. The number of carbonyl (C=O) groups excluding carboxylic acids is 5. The number of carbonyl (C=O) groups is 5. The summed E-state index contributed by atoms with van der Waals surface area (Å²) in [5, 5.41) is 2.62. The molecule has 0 bridgehead atoms. The van der Waals surface area contributed by atoms with Crippen molar-refractivity contribution in [2.45, 2.75) is 25.3 Å². The van der Waals surface area contributed by atoms with Crippen LogP contribution in [0.1, 0.15) is 25.0 Å². The Morgan fingerprint density at radius 2 is 1.25 bits per heavy atom. The van der Waals surface area contributed by atoms with Crippen molar-refractivity contribution in [3.8, 4) is 0 Å². The van der Waals surface area contributed by atoms with Crippen LogP contribution in [0.5, 0.6) is 0 Å². The van der Waals surface area contributed by atoms with E-state index in [9.17, 15) is 24.0 Å². The highest BCUT2D eigenvalue weighted by Crippen LogP contribution is 2.39. The van der Waals surface area contributed by atoms with E-state index in [-0.39, 0.29) is 5.91 Å². The van der Waals surface area contributed by atoms with E-state index in [1.807, 2.05) is 36.4 Å². The zero-order valence-electron chi connectivity index (χ0n) is 22.1. The number of nitrogens with zero attached hydrogens (tertiary/aromatic N) is 1. The number of hydrogen-bond acceptors (Lipinski definition) is 7. The van der Waals surface area contributed by atoms with Gasteiger partial charge < -0.3 is 14.8 Å². The maximum Gasteiger partial charge on any atom is 0.332 e. The fourth-order valence-corrected chi connectivity index (χ4v) is 4.28. The molecular formula is C31H28N2O7. The van der Waals surface area contributed by atoms with Crippen molar-refractivity contribution >= 4 is 40.8 Å². The first-order valence-corrected chi connectivity index (χ1v) is 12.1. The fourth-order valence-electron chi connectivity index (χ4n) is 4.28. The Balaban J connectivity index is 0.000000225. The highest BCUT2D eigenvalue weighted by atomic mass is 16.6. The lowest BCUT2D eigenvalue weighted by molar-refractivity contribution is -0.169. The fraction of sp³-hybridized carbons (Fsp3) is 0.129. The zero-order valence-corrected chi connectivity index (χ0v) is 22.1. The zero-order chi connectivity index (χ0) is 29.5. The van der Waals surface area contributed by atoms with Crippen LogP contribution in [0.25, 0.3) is 11.1 Å². The van der Waals surface area contributed by atoms with E-state index in [0.717, 1.165) is 28.7 Å². The molecule has 0 radical (unpaired) electrons. The Labute approximate surface area is 231 Å². The summed E-state index contributed by atoms with van der Waals surface area (Å²) in [5.74, 6) is -2.81. The Morgan fingerprint density at radius 3 is 1.75 bits per heavy atom. The molecule has 0 saturated heterocycles. The van der Waals surface area contributed by atoms with Crippen molar-refractivity contribution in [1.82, 2.24) is 10.2 Å². The lowest BCUT2D eigenvalue weighted by Gasteiger charge is -2.34. The molecule has 9 nitrogen and oxygen atoms in total. The third-order valence-corrected chi connectivity index (χ3v) is 6.07. The van der Waals surface area contributed by atoms with Gasteiger partial charge in [0.25, 0.3) is 11.8 Å². The molecule has 2 aliphatic heterocycles. The molecular weight excluding hydrogens is 512 g/mol. The van der Waals surface area contributed by atoms with Crippen LogP contribution < -0.4 is 5.32 Å². The van der Waals surface area contributed by atoms with E-state index >= 15 is 0 Å². The van der Waals surface area contributed by atoms with Crippen molar-refractivity contribution in [2.75, 3.05) is 0 Å². The van der Waals surface area contributed by atoms with Gasteiger partial charge in [0.15, 0.2) is 0 Å². The quantitative estimate of drug-likeness (QED) is 0.420. The number of esters is 2. The minimum Gasteiger partial charge on any atom is -0.432 e. The maximum absolute atomic E-state index is 12.2. The molecule has 1 N–H and O–H groups in total. The monoisotopic (exact) mass is 540 g/mol. The molecule has 204 valence electrons. The average Bonchev–Trinajstić information content (AvgIpc) is 3.39. The van der Waals surface area contributed by atoms with E-state index in [4.69, 9.17) is 9.47 Å². The summed E-state index contributed by atoms with van der Waals surface area (Å²) in [6.45, 7) is 13.2. The van der Waals surface area contributed by atoms with Crippen LogP contribution in [0, 0.1) is 0 Å². The third kappa shape index (κ3) is 6.05. The first kappa shape index (κ1) is 29.2. The molecule has 0 saturated carbocycles. The largest absolute Gasteiger partial charge is 0.432 e. The topological polar surface area (TPSA) is 119 Å². The van der Waals surface area contributed by atoms with Gasteiger partial charge in [0.05, 0.1) is 0 Å². The van der Waals surface area contributed by atoms with Crippen molar-refractivity contribution in [2.24, 2.45) is 0 Å². The van der Waals surface area contributed by atoms with Gasteiger partial charge in [-0.25, -0.2) is 14.5 Å². The van der Waals surface area contributed by atoms with Gasteiger partial charge in [-0.2, -0.15) is 0 Å². The van der Waals surface area contributed by atoms with Crippen molar-refractivity contribution in [3.63, 3.8) is 0 Å². The Hall–Kier alpha value is -5.31. The predicted molar refractivity (Wildman–Crippen MR) is 148 cm³/mol. The highest BCUT2D eigenvalue weighted by Gasteiger charge is 2.50. The van der Waals surface area contributed by atoms with Gasteiger partial charge in [-0.05, 0) is 24.1 Å². The van der Waals surface area contributed by atoms with Crippen molar-refractivity contribution in [1.29, 1.82) is 0 Å². The van der Waals surface area contributed by atoms with Crippen LogP contribution >= 0.6 is 0 Å². The lowest BCUT2D eigenvalue weighted by Crippen LogP contribution is -2.51. The molecule has 2 heterocycles. The average molecular weight is 541 g/mol. The Bertz CT molecular complexity index is 1440. The normalized spacial score (nSPS) is 21.1. The summed E-state index contributed by atoms with van der Waals surface area (Å²) in [5.41, 5.74) is -0.143. The molecule has 2 atom stereocenters. The molecule has 3 amide bonds. The molecule has 9 heteroatoms. The summed E-state index contributed by atoms with van der Waals surface area (Å²) in [7, 11) is 0. The van der Waals surface area contributed by atoms with E-state index in [2.05, 4.69) is 25.1 Å². The first-order valence-electron chi connectivity index (χ1n) is 12.1. The molecule has 2 aromatic rings. The second kappa shape index (κ2) is 12.0. The predicted octanol–water partition coefficient (Wildman–Crippen LogP) is 3.72. The van der Waals surface area contributed by atoms with Gasteiger partial charge in [-0.15, -0.1) is 0 Å². The maximum atomic E-state index is 12.2. The molecule has 0 fully saturated rings. The molecule has 4 rings (SSSR count). The number of benzene rings is 2. The SMILES string of the molecule is C=CC(=O)OC1(C)C(c2ccccc2)=CC(=O)N1C(=O)C=C.C=CC(=O)OC1(C)NC(=O)C=C1c1ccccc1. The minimum atomic E-state index is -1.55. The number of rotatable bonds is 7. The van der Waals surface area contributed by atoms with E-state index in [1.54, 1.807) is 31.2 Å². The van der Waals surface area contributed by atoms with Gasteiger partial charge in [-0.3, -0.25) is 14.4 Å². The van der Waals surface area contributed by atoms with Crippen molar-refractivity contribution in [3.05, 3.63) is 122 Å². The standard InChI is InChI=1S/C17H15NO4.C14H13NO3/c1-4-14(19)18-15(20)11-13(12-9-7-6-8-10-12)17(18,3)22-16(21)5-2;1-3-13(17)18-14(2)11(9-12(16)15-14)10-7-5-4-6-8-10/h4-11H,1-2H2,3H3;3-9H,1H2,2H3,(H,15,16). The Morgan fingerprint density at radius 1 is 0.750 bits per heavy atom. The van der Waals surface area contributed by atoms with Gasteiger partial charge >= 0.3 is 11.9 Å². The van der Waals surface area contributed by atoms with Gasteiger partial charge in [0.1, 0.15) is 0 Å². The Kier molecular flexibility index (Phi) is 8.80. The second-order valence-corrected chi connectivity index (χ2v) is 8.82. The van der Waals surface area contributed by atoms with Crippen LogP contribution in [0.3, 0.4) is 0 Å². The second-order valence-electron chi connectivity index (χ2n) is 8.82. The molecule has 0 spiro atoms. The van der Waals surface area contributed by atoms with Gasteiger partial charge in [0.2, 0.25) is 17.4 Å². The third-order valence-electron chi connectivity index (χ3n) is 6.07. The molecule has 40 heavy (non-hydrogen) atoms. The molecule has 2 aromatic carbocycles. The molecule has 0 aromatic heterocycles. The van der Waals surface area contributed by atoms with Crippen LogP contribution in [0.4, 0.5) is 0 Å². The first-order chi connectivity index (χ1) is 19.0. The molecule has 2 aliphatic rings. The lowest BCUT2D eigenvalue weighted by atomic mass is 9.97. The molecule has 2 unspecified atom stereocenters. The number of ether oxygens (including phenoxy) is 2. The van der Waals surface area contributed by atoms with Gasteiger partial charge in [0, 0.05) is 42.4 Å². The number of hydrogen-bond donors (Lipinski definition) is 1. The molecule has 0 aliphatic carbocycles. The highest BCUT2D eigenvalue weighted by molar-refractivity contribution is 6.14. The minimum absolute atomic E-state index is 0.284. The smallest absolute Gasteiger partial charge is 0.332 e. The van der Waals surface area contributed by atoms with Crippen LogP contribution in [0.2, 0.25) is 0 Å². The van der Waals surface area contributed by atoms with E-state index < -0.39 is 35.2 Å². The van der Waals surface area contributed by atoms with Crippen LogP contribution in [-0.2, 0) is 33.4 Å². The van der Waals surface area contributed by atoms with E-state index in [0.29, 0.717) is 16.7 Å².